The highest BCUT2D eigenvalue weighted by atomic mass is 35.5. The third-order valence-electron chi connectivity index (χ3n) is 4.16. The molecule has 0 aliphatic heterocycles. The molecule has 0 bridgehead atoms. The van der Waals surface area contributed by atoms with Crippen LogP contribution in [-0.2, 0) is 4.79 Å². The van der Waals surface area contributed by atoms with E-state index >= 15 is 0 Å². The van der Waals surface area contributed by atoms with Crippen LogP contribution in [0.15, 0.2) is 36.4 Å². The summed E-state index contributed by atoms with van der Waals surface area (Å²) in [6.45, 7) is 0.321. The second-order valence-electron chi connectivity index (χ2n) is 6.36. The summed E-state index contributed by atoms with van der Waals surface area (Å²) in [6, 6.07) is 7.80. The minimum Gasteiger partial charge on any atom is -0.480 e. The molecule has 0 fully saturated rings. The smallest absolute Gasteiger partial charge is 0.326 e. The van der Waals surface area contributed by atoms with Crippen molar-refractivity contribution in [2.75, 3.05) is 6.54 Å². The molecule has 0 aliphatic rings. The van der Waals surface area contributed by atoms with Gasteiger partial charge in [0, 0.05) is 16.6 Å². The highest BCUT2D eigenvalue weighted by molar-refractivity contribution is 6.37. The third kappa shape index (κ3) is 7.06. The Morgan fingerprint density at radius 3 is 1.87 bits per heavy atom. The third-order valence-corrected chi connectivity index (χ3v) is 5.26. The van der Waals surface area contributed by atoms with Gasteiger partial charge in [0.05, 0.1) is 21.2 Å². The summed E-state index contributed by atoms with van der Waals surface area (Å²) in [5, 5.41) is 15.7. The zero-order valence-electron chi connectivity index (χ0n) is 15.6. The second-order valence-corrected chi connectivity index (χ2v) is 8.05. The van der Waals surface area contributed by atoms with Crippen molar-refractivity contribution < 1.29 is 19.5 Å². The van der Waals surface area contributed by atoms with E-state index in [4.69, 9.17) is 46.4 Å². The quantitative estimate of drug-likeness (QED) is 0.426. The van der Waals surface area contributed by atoms with E-state index in [-0.39, 0.29) is 27.9 Å². The van der Waals surface area contributed by atoms with Crippen LogP contribution in [0.25, 0.3) is 0 Å². The van der Waals surface area contributed by atoms with Gasteiger partial charge in [-0.1, -0.05) is 46.4 Å². The Labute approximate surface area is 193 Å². The number of rotatable bonds is 9. The lowest BCUT2D eigenvalue weighted by molar-refractivity contribution is -0.139. The van der Waals surface area contributed by atoms with Gasteiger partial charge in [-0.05, 0) is 55.7 Å². The largest absolute Gasteiger partial charge is 0.480 e. The molecule has 0 saturated heterocycles. The Bertz CT molecular complexity index is 952. The maximum atomic E-state index is 12.3. The van der Waals surface area contributed by atoms with Crippen molar-refractivity contribution in [2.45, 2.75) is 25.3 Å². The molecule has 0 radical (unpaired) electrons. The summed E-state index contributed by atoms with van der Waals surface area (Å²) in [5.41, 5.74) is 0.441. The van der Waals surface area contributed by atoms with E-state index in [1.165, 1.54) is 30.3 Å². The maximum Gasteiger partial charge on any atom is 0.326 e. The maximum absolute atomic E-state index is 12.3. The van der Waals surface area contributed by atoms with Crippen LogP contribution >= 0.6 is 46.4 Å². The van der Waals surface area contributed by atoms with Crippen molar-refractivity contribution in [2.24, 2.45) is 0 Å². The summed E-state index contributed by atoms with van der Waals surface area (Å²) >= 11 is 23.6. The van der Waals surface area contributed by atoms with Gasteiger partial charge in [0.1, 0.15) is 6.04 Å². The molecule has 0 heterocycles. The molecule has 3 N–H and O–H groups in total. The molecule has 10 heteroatoms. The van der Waals surface area contributed by atoms with Gasteiger partial charge >= 0.3 is 5.97 Å². The Balaban J connectivity index is 1.81. The van der Waals surface area contributed by atoms with Crippen LogP contribution in [0.2, 0.25) is 20.1 Å². The zero-order valence-corrected chi connectivity index (χ0v) is 18.6. The lowest BCUT2D eigenvalue weighted by Crippen LogP contribution is -2.41. The Kier molecular flexibility index (Phi) is 9.24. The predicted octanol–water partition coefficient (Wildman–Crippen LogP) is 5.08. The fourth-order valence-corrected chi connectivity index (χ4v) is 3.60. The summed E-state index contributed by atoms with van der Waals surface area (Å²) in [6.07, 6.45) is 1.16. The van der Waals surface area contributed by atoms with Gasteiger partial charge in [0.2, 0.25) is 0 Å². The van der Waals surface area contributed by atoms with Gasteiger partial charge in [0.15, 0.2) is 0 Å². The van der Waals surface area contributed by atoms with Gasteiger partial charge in [0.25, 0.3) is 11.8 Å². The van der Waals surface area contributed by atoms with Gasteiger partial charge in [-0.15, -0.1) is 0 Å². The molecule has 0 spiro atoms. The molecule has 0 aromatic heterocycles. The number of halogens is 4. The van der Waals surface area contributed by atoms with Gasteiger partial charge in [-0.25, -0.2) is 4.79 Å². The molecule has 2 aromatic rings. The number of nitrogens with one attached hydrogen (secondary N) is 2. The number of amides is 2. The fourth-order valence-electron chi connectivity index (χ4n) is 2.61. The van der Waals surface area contributed by atoms with Crippen LogP contribution in [-0.4, -0.2) is 35.5 Å². The van der Waals surface area contributed by atoms with Crippen molar-refractivity contribution in [3.05, 3.63) is 67.6 Å². The molecular weight excluding hydrogens is 474 g/mol. The SMILES string of the molecule is O=C(NCCCC[C@H](NC(=O)c1ccc(Cl)cc1Cl)C(=O)O)c1ccc(Cl)cc1Cl. The number of carboxylic acid groups (broad SMARTS) is 1. The van der Waals surface area contributed by atoms with E-state index in [9.17, 15) is 19.5 Å². The number of benzene rings is 2. The number of hydrogen-bond donors (Lipinski definition) is 3. The topological polar surface area (TPSA) is 95.5 Å². The van der Waals surface area contributed by atoms with Crippen LogP contribution in [0.4, 0.5) is 0 Å². The van der Waals surface area contributed by atoms with Crippen molar-refractivity contribution in [3.8, 4) is 0 Å². The summed E-state index contributed by atoms with van der Waals surface area (Å²) in [4.78, 5) is 35.9. The average Bonchev–Trinajstić information content (AvgIpc) is 2.66. The highest BCUT2D eigenvalue weighted by Crippen LogP contribution is 2.22. The molecule has 2 rings (SSSR count). The van der Waals surface area contributed by atoms with Gasteiger partial charge < -0.3 is 15.7 Å². The highest BCUT2D eigenvalue weighted by Gasteiger charge is 2.21. The molecular formula is C20H18Cl4N2O4. The minimum absolute atomic E-state index is 0.132. The number of carboxylic acids is 1. The summed E-state index contributed by atoms with van der Waals surface area (Å²) < 4.78 is 0. The molecule has 6 nitrogen and oxygen atoms in total. The van der Waals surface area contributed by atoms with Crippen LogP contribution in [0.5, 0.6) is 0 Å². The van der Waals surface area contributed by atoms with Crippen molar-refractivity contribution >= 4 is 64.2 Å². The van der Waals surface area contributed by atoms with E-state index in [0.29, 0.717) is 35.0 Å². The lowest BCUT2D eigenvalue weighted by atomic mass is 10.1. The van der Waals surface area contributed by atoms with Crippen LogP contribution in [0.1, 0.15) is 40.0 Å². The van der Waals surface area contributed by atoms with E-state index < -0.39 is 17.9 Å². The van der Waals surface area contributed by atoms with Crippen LogP contribution < -0.4 is 10.6 Å². The summed E-state index contributed by atoms with van der Waals surface area (Å²) in [7, 11) is 0. The minimum atomic E-state index is -1.16. The number of hydrogen-bond acceptors (Lipinski definition) is 3. The zero-order chi connectivity index (χ0) is 22.3. The van der Waals surface area contributed by atoms with Crippen LogP contribution in [0, 0.1) is 0 Å². The first-order chi connectivity index (χ1) is 14.2. The van der Waals surface area contributed by atoms with Crippen molar-refractivity contribution in [1.82, 2.24) is 10.6 Å². The number of aliphatic carboxylic acids is 1. The van der Waals surface area contributed by atoms with E-state index in [1.807, 2.05) is 0 Å². The van der Waals surface area contributed by atoms with Crippen molar-refractivity contribution in [1.29, 1.82) is 0 Å². The number of carbonyl (C=O) groups is 3. The Hall–Kier alpha value is -1.99. The number of carbonyl (C=O) groups excluding carboxylic acids is 2. The standard InChI is InChI=1S/C20H18Cl4N2O4/c21-11-4-6-13(15(23)9-11)18(27)25-8-2-1-3-17(20(29)30)26-19(28)14-7-5-12(22)10-16(14)24/h4-7,9-10,17H,1-3,8H2,(H,25,27)(H,26,28)(H,29,30)/t17-/m0/s1. The molecule has 1 atom stereocenters. The van der Waals surface area contributed by atoms with E-state index in [0.717, 1.165) is 0 Å². The second kappa shape index (κ2) is 11.4. The first kappa shape index (κ1) is 24.3. The Morgan fingerprint density at radius 1 is 0.833 bits per heavy atom. The van der Waals surface area contributed by atoms with Crippen LogP contribution in [0.3, 0.4) is 0 Å². The first-order valence-electron chi connectivity index (χ1n) is 8.91. The van der Waals surface area contributed by atoms with Crippen molar-refractivity contribution in [3.63, 3.8) is 0 Å². The average molecular weight is 492 g/mol. The molecule has 0 aliphatic carbocycles. The number of unbranched alkanes of at least 4 members (excludes halogenated alkanes) is 1. The normalized spacial score (nSPS) is 11.6. The molecule has 2 aromatic carbocycles. The molecule has 0 unspecified atom stereocenters. The molecule has 0 saturated carbocycles. The Morgan fingerprint density at radius 2 is 1.37 bits per heavy atom. The van der Waals surface area contributed by atoms with E-state index in [2.05, 4.69) is 10.6 Å². The van der Waals surface area contributed by atoms with Gasteiger partial charge in [-0.3, -0.25) is 9.59 Å². The summed E-state index contributed by atoms with van der Waals surface area (Å²) in [5.74, 6) is -2.11. The lowest BCUT2D eigenvalue weighted by Gasteiger charge is -2.15. The predicted molar refractivity (Wildman–Crippen MR) is 118 cm³/mol. The van der Waals surface area contributed by atoms with E-state index in [1.54, 1.807) is 6.07 Å². The molecule has 30 heavy (non-hydrogen) atoms. The van der Waals surface area contributed by atoms with Gasteiger partial charge in [-0.2, -0.15) is 0 Å². The molecule has 2 amide bonds. The monoisotopic (exact) mass is 490 g/mol. The first-order valence-corrected chi connectivity index (χ1v) is 10.4. The fraction of sp³-hybridized carbons (Fsp3) is 0.250. The molecule has 160 valence electrons.